The van der Waals surface area contributed by atoms with Crippen molar-refractivity contribution in [3.63, 3.8) is 0 Å². The molecule has 0 atom stereocenters. The summed E-state index contributed by atoms with van der Waals surface area (Å²) in [6, 6.07) is 49.4. The smallest absolute Gasteiger partial charge is 0.0910 e. The van der Waals surface area contributed by atoms with Gasteiger partial charge in [-0.15, -0.1) is 0 Å². The highest BCUT2D eigenvalue weighted by atomic mass is 15.4. The fourth-order valence-corrected chi connectivity index (χ4v) is 7.00. The Labute approximate surface area is 278 Å². The van der Waals surface area contributed by atoms with Gasteiger partial charge in [-0.25, -0.2) is 0 Å². The number of fused-ring (bicyclic) bond motifs is 6. The molecule has 0 amide bonds. The summed E-state index contributed by atoms with van der Waals surface area (Å²) < 4.78 is 0. The second kappa shape index (κ2) is 11.7. The standard InChI is InChI=1S/C43H40N4/c1-30-5-13-36(14-6-30)46(37-15-7-31(2)8-16-37)40-21-23-42-34(25-40)27-44-29-45(42)28-35-26-41(22-24-43(35)44)47(38-17-9-32(3)10-18-38)39-19-11-33(4)12-20-39/h5-26H,27-29H2,1-4H3. The highest BCUT2D eigenvalue weighted by molar-refractivity contribution is 5.82. The van der Waals surface area contributed by atoms with Gasteiger partial charge >= 0.3 is 0 Å². The number of rotatable bonds is 6. The normalized spacial score (nSPS) is 13.2. The third-order valence-electron chi connectivity index (χ3n) is 9.56. The number of aryl methyl sites for hydroxylation is 4. The van der Waals surface area contributed by atoms with Crippen LogP contribution in [0.1, 0.15) is 33.4 Å². The molecule has 0 fully saturated rings. The van der Waals surface area contributed by atoms with Crippen molar-refractivity contribution in [3.8, 4) is 0 Å². The fourth-order valence-electron chi connectivity index (χ4n) is 7.00. The van der Waals surface area contributed by atoms with E-state index in [-0.39, 0.29) is 0 Å². The molecule has 0 spiro atoms. The minimum Gasteiger partial charge on any atom is -0.349 e. The Balaban J connectivity index is 1.14. The number of anilines is 8. The molecule has 0 aliphatic carbocycles. The lowest BCUT2D eigenvalue weighted by molar-refractivity contribution is 0.651. The Hall–Kier alpha value is -5.48. The van der Waals surface area contributed by atoms with Crippen molar-refractivity contribution in [2.75, 3.05) is 26.3 Å². The lowest BCUT2D eigenvalue weighted by Gasteiger charge is -2.45. The van der Waals surface area contributed by atoms with Crippen molar-refractivity contribution >= 4 is 45.5 Å². The minimum atomic E-state index is 0.876. The molecule has 4 nitrogen and oxygen atoms in total. The number of hydrogen-bond acceptors (Lipinski definition) is 4. The van der Waals surface area contributed by atoms with E-state index in [2.05, 4.69) is 181 Å². The average molecular weight is 613 g/mol. The Morgan fingerprint density at radius 1 is 0.362 bits per heavy atom. The second-order valence-corrected chi connectivity index (χ2v) is 13.2. The zero-order valence-corrected chi connectivity index (χ0v) is 27.6. The van der Waals surface area contributed by atoms with Gasteiger partial charge in [0.05, 0.1) is 6.67 Å². The molecular formula is C43H40N4. The number of benzene rings is 6. The Bertz CT molecular complexity index is 1800. The highest BCUT2D eigenvalue weighted by Gasteiger charge is 2.31. The maximum atomic E-state index is 2.53. The zero-order valence-electron chi connectivity index (χ0n) is 27.6. The maximum Gasteiger partial charge on any atom is 0.0910 e. The Morgan fingerprint density at radius 2 is 0.638 bits per heavy atom. The summed E-state index contributed by atoms with van der Waals surface area (Å²) in [5.74, 6) is 0. The molecule has 0 saturated heterocycles. The first-order valence-corrected chi connectivity index (χ1v) is 16.5. The average Bonchev–Trinajstić information content (AvgIpc) is 3.08. The second-order valence-electron chi connectivity index (χ2n) is 13.2. The molecular weight excluding hydrogens is 573 g/mol. The van der Waals surface area contributed by atoms with Crippen LogP contribution >= 0.6 is 0 Å². The van der Waals surface area contributed by atoms with E-state index in [1.807, 2.05) is 0 Å². The summed E-state index contributed by atoms with van der Waals surface area (Å²) in [7, 11) is 0. The van der Waals surface area contributed by atoms with E-state index in [0.29, 0.717) is 0 Å². The SMILES string of the molecule is Cc1ccc(N(c2ccc(C)cc2)c2ccc3c(c2)CN2CN3Cc3cc(N(c4ccc(C)cc4)c4ccc(C)cc4)ccc32)cc1. The molecule has 0 aromatic heterocycles. The lowest BCUT2D eigenvalue weighted by atomic mass is 9.99. The summed E-state index contributed by atoms with van der Waals surface area (Å²) >= 11 is 0. The van der Waals surface area contributed by atoms with Crippen LogP contribution in [0.2, 0.25) is 0 Å². The monoisotopic (exact) mass is 612 g/mol. The predicted octanol–water partition coefficient (Wildman–Crippen LogP) is 11.2. The van der Waals surface area contributed by atoms with Crippen molar-refractivity contribution in [2.24, 2.45) is 0 Å². The van der Waals surface area contributed by atoms with Gasteiger partial charge in [0.15, 0.2) is 0 Å². The Morgan fingerprint density at radius 3 is 0.936 bits per heavy atom. The van der Waals surface area contributed by atoms with Gasteiger partial charge in [-0.1, -0.05) is 70.8 Å². The van der Waals surface area contributed by atoms with Crippen LogP contribution in [0.4, 0.5) is 45.5 Å². The first-order valence-electron chi connectivity index (χ1n) is 16.5. The summed E-state index contributed by atoms with van der Waals surface area (Å²) in [6.45, 7) is 11.2. The third-order valence-corrected chi connectivity index (χ3v) is 9.56. The Kier molecular flexibility index (Phi) is 7.21. The van der Waals surface area contributed by atoms with Gasteiger partial charge < -0.3 is 19.6 Å². The van der Waals surface area contributed by atoms with Crippen molar-refractivity contribution < 1.29 is 0 Å². The van der Waals surface area contributed by atoms with Crippen LogP contribution in [0, 0.1) is 27.7 Å². The van der Waals surface area contributed by atoms with Gasteiger partial charge in [0, 0.05) is 58.6 Å². The number of nitrogens with zero attached hydrogens (tertiary/aromatic N) is 4. The maximum absolute atomic E-state index is 2.53. The third kappa shape index (κ3) is 5.50. The van der Waals surface area contributed by atoms with Crippen LogP contribution in [-0.2, 0) is 13.1 Å². The van der Waals surface area contributed by atoms with Crippen LogP contribution in [0.3, 0.4) is 0 Å². The molecule has 0 unspecified atom stereocenters. The van der Waals surface area contributed by atoms with E-state index in [1.165, 1.54) is 78.9 Å². The molecule has 6 aromatic carbocycles. The quantitative estimate of drug-likeness (QED) is 0.185. The van der Waals surface area contributed by atoms with Gasteiger partial charge in [-0.2, -0.15) is 0 Å². The van der Waals surface area contributed by atoms with Crippen molar-refractivity contribution in [3.05, 3.63) is 167 Å². The van der Waals surface area contributed by atoms with Crippen LogP contribution in [0.15, 0.2) is 133 Å². The molecule has 4 heteroatoms. The van der Waals surface area contributed by atoms with Crippen LogP contribution in [-0.4, -0.2) is 6.67 Å². The molecule has 0 saturated carbocycles. The van der Waals surface area contributed by atoms with Crippen molar-refractivity contribution in [2.45, 2.75) is 40.8 Å². The molecule has 8 rings (SSSR count). The molecule has 232 valence electrons. The van der Waals surface area contributed by atoms with Gasteiger partial charge in [-0.05, 0) is 124 Å². The molecule has 2 bridgehead atoms. The van der Waals surface area contributed by atoms with E-state index in [0.717, 1.165) is 19.8 Å². The van der Waals surface area contributed by atoms with Gasteiger partial charge in [0.2, 0.25) is 0 Å². The van der Waals surface area contributed by atoms with E-state index >= 15 is 0 Å². The summed E-state index contributed by atoms with van der Waals surface area (Å²) in [4.78, 5) is 9.80. The molecule has 2 aliphatic heterocycles. The van der Waals surface area contributed by atoms with E-state index in [4.69, 9.17) is 0 Å². The summed E-state index contributed by atoms with van der Waals surface area (Å²) in [5.41, 5.74) is 17.4. The summed E-state index contributed by atoms with van der Waals surface area (Å²) in [6.07, 6.45) is 0. The van der Waals surface area contributed by atoms with E-state index in [9.17, 15) is 0 Å². The molecule has 0 radical (unpaired) electrons. The van der Waals surface area contributed by atoms with Gasteiger partial charge in [-0.3, -0.25) is 0 Å². The van der Waals surface area contributed by atoms with Crippen molar-refractivity contribution in [1.29, 1.82) is 0 Å². The largest absolute Gasteiger partial charge is 0.349 e. The molecule has 47 heavy (non-hydrogen) atoms. The van der Waals surface area contributed by atoms with Crippen LogP contribution < -0.4 is 19.6 Å². The van der Waals surface area contributed by atoms with E-state index < -0.39 is 0 Å². The summed E-state index contributed by atoms with van der Waals surface area (Å²) in [5, 5.41) is 0. The first-order chi connectivity index (χ1) is 22.9. The zero-order chi connectivity index (χ0) is 32.1. The minimum absolute atomic E-state index is 0.876. The van der Waals surface area contributed by atoms with Crippen LogP contribution in [0.5, 0.6) is 0 Å². The molecule has 6 aromatic rings. The van der Waals surface area contributed by atoms with E-state index in [1.54, 1.807) is 0 Å². The molecule has 2 heterocycles. The topological polar surface area (TPSA) is 13.0 Å². The fraction of sp³-hybridized carbons (Fsp3) is 0.163. The van der Waals surface area contributed by atoms with Crippen molar-refractivity contribution in [1.82, 2.24) is 0 Å². The first kappa shape index (κ1) is 29.0. The number of hydrogen-bond donors (Lipinski definition) is 0. The van der Waals surface area contributed by atoms with Crippen LogP contribution in [0.25, 0.3) is 0 Å². The lowest BCUT2D eigenvalue weighted by Crippen LogP contribution is -2.46. The molecule has 2 aliphatic rings. The highest BCUT2D eigenvalue weighted by Crippen LogP contribution is 2.44. The predicted molar refractivity (Wildman–Crippen MR) is 198 cm³/mol. The van der Waals surface area contributed by atoms with Gasteiger partial charge in [0.25, 0.3) is 0 Å². The van der Waals surface area contributed by atoms with Gasteiger partial charge in [0.1, 0.15) is 0 Å². The molecule has 0 N–H and O–H groups in total.